The Kier molecular flexibility index (Phi) is 1.27. The van der Waals surface area contributed by atoms with E-state index in [1.165, 1.54) is 25.7 Å². The quantitative estimate of drug-likeness (QED) is 0.632. The lowest BCUT2D eigenvalue weighted by Gasteiger charge is -2.43. The van der Waals surface area contributed by atoms with E-state index in [2.05, 4.69) is 12.2 Å². The summed E-state index contributed by atoms with van der Waals surface area (Å²) in [6.07, 6.45) is 10.6. The normalized spacial score (nSPS) is 52.9. The van der Waals surface area contributed by atoms with E-state index in [0.717, 1.165) is 29.7 Å². The molecule has 3 rings (SSSR count). The van der Waals surface area contributed by atoms with Crippen LogP contribution in [0.15, 0.2) is 12.2 Å². The molecule has 2 saturated carbocycles. The van der Waals surface area contributed by atoms with E-state index in [1.54, 1.807) is 0 Å². The molecule has 66 valence electrons. The molecule has 0 aromatic heterocycles. The van der Waals surface area contributed by atoms with Gasteiger partial charge in [0.2, 0.25) is 0 Å². The third kappa shape index (κ3) is 0.687. The molecule has 0 heterocycles. The van der Waals surface area contributed by atoms with Crippen LogP contribution in [0.4, 0.5) is 0 Å². The van der Waals surface area contributed by atoms with Crippen LogP contribution in [0, 0.1) is 23.2 Å². The molecule has 0 aliphatic heterocycles. The van der Waals surface area contributed by atoms with Crippen molar-refractivity contribution >= 4 is 0 Å². The molecule has 4 unspecified atom stereocenters. The smallest absolute Gasteiger partial charge is 0.00772 e. The molecule has 0 radical (unpaired) electrons. The van der Waals surface area contributed by atoms with Gasteiger partial charge in [-0.2, -0.15) is 0 Å². The minimum Gasteiger partial charge on any atom is -0.330 e. The van der Waals surface area contributed by atoms with Crippen LogP contribution in [0.1, 0.15) is 25.7 Å². The lowest BCUT2D eigenvalue weighted by atomic mass is 9.61. The zero-order valence-corrected chi connectivity index (χ0v) is 7.50. The average Bonchev–Trinajstić information content (AvgIpc) is 2.69. The van der Waals surface area contributed by atoms with Gasteiger partial charge < -0.3 is 5.73 Å². The molecule has 3 aliphatic rings. The number of rotatable bonds is 3. The van der Waals surface area contributed by atoms with E-state index in [4.69, 9.17) is 5.73 Å². The number of allylic oxidation sites excluding steroid dienone is 2. The lowest BCUT2D eigenvalue weighted by Crippen LogP contribution is -2.36. The highest BCUT2D eigenvalue weighted by molar-refractivity contribution is 5.31. The summed E-state index contributed by atoms with van der Waals surface area (Å²) in [4.78, 5) is 0. The second-order valence-electron chi connectivity index (χ2n) is 4.85. The van der Waals surface area contributed by atoms with Gasteiger partial charge in [0.05, 0.1) is 0 Å². The minimum atomic E-state index is 0.819. The fourth-order valence-electron chi connectivity index (χ4n) is 3.55. The first-order valence-corrected chi connectivity index (χ1v) is 5.25. The second-order valence-corrected chi connectivity index (χ2v) is 4.85. The summed E-state index contributed by atoms with van der Waals surface area (Å²) in [5.74, 6) is 2.96. The lowest BCUT2D eigenvalue weighted by molar-refractivity contribution is 0.0807. The molecule has 1 spiro atoms. The molecule has 1 nitrogen and oxygen atoms in total. The van der Waals surface area contributed by atoms with Gasteiger partial charge in [-0.05, 0) is 55.4 Å². The first-order chi connectivity index (χ1) is 5.87. The highest BCUT2D eigenvalue weighted by Gasteiger charge is 2.68. The fraction of sp³-hybridized carbons (Fsp3) is 0.818. The van der Waals surface area contributed by atoms with Crippen LogP contribution in [0.2, 0.25) is 0 Å². The molecule has 0 bridgehead atoms. The van der Waals surface area contributed by atoms with Crippen molar-refractivity contribution in [3.63, 3.8) is 0 Å². The number of nitrogens with two attached hydrogens (primary N) is 1. The summed E-state index contributed by atoms with van der Waals surface area (Å²) in [5.41, 5.74) is 6.34. The Bertz CT molecular complexity index is 233. The Labute approximate surface area is 74.0 Å². The van der Waals surface area contributed by atoms with Crippen molar-refractivity contribution in [2.45, 2.75) is 25.7 Å². The molecule has 2 fully saturated rings. The van der Waals surface area contributed by atoms with Gasteiger partial charge in [0, 0.05) is 0 Å². The predicted molar refractivity (Wildman–Crippen MR) is 49.6 cm³/mol. The van der Waals surface area contributed by atoms with Gasteiger partial charge in [-0.1, -0.05) is 12.2 Å². The van der Waals surface area contributed by atoms with Gasteiger partial charge in [-0.25, -0.2) is 0 Å². The minimum absolute atomic E-state index is 0.819. The Morgan fingerprint density at radius 2 is 2.25 bits per heavy atom. The predicted octanol–water partition coefficient (Wildman–Crippen LogP) is 1.94. The highest BCUT2D eigenvalue weighted by Crippen LogP contribution is 2.75. The Hall–Kier alpha value is -0.300. The third-order valence-corrected chi connectivity index (χ3v) is 4.32. The van der Waals surface area contributed by atoms with Gasteiger partial charge in [0.25, 0.3) is 0 Å². The Balaban J connectivity index is 1.62. The fourth-order valence-corrected chi connectivity index (χ4v) is 3.55. The maximum Gasteiger partial charge on any atom is -0.00772 e. The summed E-state index contributed by atoms with van der Waals surface area (Å²) in [6, 6.07) is 0. The Morgan fingerprint density at radius 1 is 1.33 bits per heavy atom. The van der Waals surface area contributed by atoms with E-state index < -0.39 is 0 Å². The van der Waals surface area contributed by atoms with Crippen molar-refractivity contribution in [2.75, 3.05) is 6.54 Å². The van der Waals surface area contributed by atoms with Crippen molar-refractivity contribution in [3.8, 4) is 0 Å². The van der Waals surface area contributed by atoms with E-state index in [1.807, 2.05) is 0 Å². The molecular weight excluding hydrogens is 146 g/mol. The van der Waals surface area contributed by atoms with Gasteiger partial charge in [0.1, 0.15) is 0 Å². The van der Waals surface area contributed by atoms with Crippen molar-refractivity contribution in [1.29, 1.82) is 0 Å². The van der Waals surface area contributed by atoms with Crippen LogP contribution in [0.25, 0.3) is 0 Å². The summed E-state index contributed by atoms with van der Waals surface area (Å²) < 4.78 is 0. The van der Waals surface area contributed by atoms with E-state index in [0.29, 0.717) is 0 Å². The molecule has 0 amide bonds. The molecule has 0 aromatic rings. The maximum absolute atomic E-state index is 5.52. The van der Waals surface area contributed by atoms with E-state index in [9.17, 15) is 0 Å². The van der Waals surface area contributed by atoms with E-state index >= 15 is 0 Å². The first-order valence-electron chi connectivity index (χ1n) is 5.25. The zero-order chi connectivity index (χ0) is 8.18. The van der Waals surface area contributed by atoms with Gasteiger partial charge >= 0.3 is 0 Å². The topological polar surface area (TPSA) is 26.0 Å². The monoisotopic (exact) mass is 163 g/mol. The molecule has 3 aliphatic carbocycles. The number of hydrogen-bond acceptors (Lipinski definition) is 1. The zero-order valence-electron chi connectivity index (χ0n) is 7.50. The largest absolute Gasteiger partial charge is 0.330 e. The van der Waals surface area contributed by atoms with Gasteiger partial charge in [-0.15, -0.1) is 0 Å². The summed E-state index contributed by atoms with van der Waals surface area (Å²) in [7, 11) is 0. The van der Waals surface area contributed by atoms with E-state index in [-0.39, 0.29) is 0 Å². The van der Waals surface area contributed by atoms with Crippen molar-refractivity contribution in [1.82, 2.24) is 0 Å². The molecule has 12 heavy (non-hydrogen) atoms. The molecule has 1 heteroatoms. The van der Waals surface area contributed by atoms with Gasteiger partial charge in [0.15, 0.2) is 0 Å². The number of hydrogen-bond donors (Lipinski definition) is 1. The average molecular weight is 163 g/mol. The second kappa shape index (κ2) is 2.14. The van der Waals surface area contributed by atoms with Crippen LogP contribution >= 0.6 is 0 Å². The van der Waals surface area contributed by atoms with Crippen LogP contribution in [0.3, 0.4) is 0 Å². The summed E-state index contributed by atoms with van der Waals surface area (Å²) in [5, 5.41) is 0. The summed E-state index contributed by atoms with van der Waals surface area (Å²) in [6.45, 7) is 0.878. The SMILES string of the molecule is NCCCC1CC23CC2C=CC13. The molecule has 0 aromatic carbocycles. The van der Waals surface area contributed by atoms with Gasteiger partial charge in [-0.3, -0.25) is 0 Å². The standard InChI is InChI=1S/C11H17N/c12-5-1-2-8-6-11-7-9(11)3-4-10(8)11/h3-4,8-10H,1-2,5-7,12H2. The van der Waals surface area contributed by atoms with Crippen LogP contribution in [-0.2, 0) is 0 Å². The maximum atomic E-state index is 5.52. The Morgan fingerprint density at radius 3 is 2.92 bits per heavy atom. The third-order valence-electron chi connectivity index (χ3n) is 4.32. The molecule has 4 atom stereocenters. The van der Waals surface area contributed by atoms with Crippen LogP contribution in [0.5, 0.6) is 0 Å². The highest BCUT2D eigenvalue weighted by atomic mass is 14.7. The first kappa shape index (κ1) is 7.14. The van der Waals surface area contributed by atoms with Crippen molar-refractivity contribution in [2.24, 2.45) is 28.9 Å². The molecule has 0 saturated heterocycles. The van der Waals surface area contributed by atoms with Crippen molar-refractivity contribution in [3.05, 3.63) is 12.2 Å². The van der Waals surface area contributed by atoms with Crippen LogP contribution < -0.4 is 5.73 Å². The molecule has 2 N–H and O–H groups in total. The van der Waals surface area contributed by atoms with Crippen LogP contribution in [-0.4, -0.2) is 6.54 Å². The van der Waals surface area contributed by atoms with Crippen molar-refractivity contribution < 1.29 is 0 Å². The molecular formula is C11H17N. The summed E-state index contributed by atoms with van der Waals surface area (Å²) >= 11 is 0.